The summed E-state index contributed by atoms with van der Waals surface area (Å²) < 4.78 is 77.5. The van der Waals surface area contributed by atoms with Crippen LogP contribution in [0.2, 0.25) is 0 Å². The molecule has 2 rings (SSSR count). The lowest BCUT2D eigenvalue weighted by Gasteiger charge is -2.23. The number of carbonyl (C=O) groups is 1. The van der Waals surface area contributed by atoms with Gasteiger partial charge in [-0.3, -0.25) is 4.79 Å². The Morgan fingerprint density at radius 1 is 1.00 bits per heavy atom. The fourth-order valence-corrected chi connectivity index (χ4v) is 3.00. The van der Waals surface area contributed by atoms with Gasteiger partial charge in [-0.2, -0.15) is 26.3 Å². The standard InChI is InChI=1S/C16H16F6N4O/c17-15(18,19)10-6-9(7-11(8-10)16(20,21)22)14(27)24-12-4-2-1-3-5-13(12)25-26-23/h6-8,12-13H,1-5H2,(H,24,27). The molecule has 148 valence electrons. The SMILES string of the molecule is [N-]=[N+]=NC1CCCCCC1NC(=O)c1cc(C(F)(F)F)cc(C(F)(F)F)c1. The Bertz CT molecular complexity index is 707. The van der Waals surface area contributed by atoms with E-state index in [0.717, 1.165) is 12.8 Å². The van der Waals surface area contributed by atoms with Gasteiger partial charge in [0.25, 0.3) is 5.91 Å². The molecule has 0 saturated heterocycles. The van der Waals surface area contributed by atoms with Crippen LogP contribution in [0.5, 0.6) is 0 Å². The Kier molecular flexibility index (Phi) is 6.25. The Balaban J connectivity index is 2.35. The van der Waals surface area contributed by atoms with Gasteiger partial charge in [0.1, 0.15) is 0 Å². The summed E-state index contributed by atoms with van der Waals surface area (Å²) in [6.45, 7) is 0. The maximum Gasteiger partial charge on any atom is 0.416 e. The van der Waals surface area contributed by atoms with E-state index in [0.29, 0.717) is 31.4 Å². The monoisotopic (exact) mass is 394 g/mol. The molecule has 1 aliphatic carbocycles. The number of alkyl halides is 6. The minimum absolute atomic E-state index is 0.0365. The number of benzene rings is 1. The first kappa shape index (κ1) is 20.9. The number of amides is 1. The average Bonchev–Trinajstić information content (AvgIpc) is 2.79. The van der Waals surface area contributed by atoms with Crippen molar-refractivity contribution in [2.75, 3.05) is 0 Å². The fraction of sp³-hybridized carbons (Fsp3) is 0.562. The van der Waals surface area contributed by atoms with E-state index in [1.807, 2.05) is 0 Å². The number of rotatable bonds is 3. The smallest absolute Gasteiger partial charge is 0.349 e. The van der Waals surface area contributed by atoms with E-state index in [1.54, 1.807) is 0 Å². The predicted octanol–water partition coefficient (Wildman–Crippen LogP) is 5.47. The molecule has 2 unspecified atom stereocenters. The molecule has 1 amide bonds. The highest BCUT2D eigenvalue weighted by molar-refractivity contribution is 5.95. The Hall–Kier alpha value is -2.42. The Labute approximate surface area is 150 Å². The normalized spacial score (nSPS) is 21.1. The first-order valence-electron chi connectivity index (χ1n) is 8.17. The highest BCUT2D eigenvalue weighted by Crippen LogP contribution is 2.36. The quantitative estimate of drug-likeness (QED) is 0.239. The first-order valence-corrected chi connectivity index (χ1v) is 8.17. The number of nitrogens with zero attached hydrogens (tertiary/aromatic N) is 3. The number of halogens is 6. The van der Waals surface area contributed by atoms with Gasteiger partial charge in [-0.05, 0) is 36.6 Å². The number of hydrogen-bond donors (Lipinski definition) is 1. The second kappa shape index (κ2) is 8.08. The molecule has 11 heteroatoms. The summed E-state index contributed by atoms with van der Waals surface area (Å²) in [6.07, 6.45) is -6.91. The lowest BCUT2D eigenvalue weighted by Crippen LogP contribution is -2.42. The van der Waals surface area contributed by atoms with Gasteiger partial charge in [-0.25, -0.2) is 0 Å². The van der Waals surface area contributed by atoms with Gasteiger partial charge >= 0.3 is 12.4 Å². The van der Waals surface area contributed by atoms with Crippen molar-refractivity contribution in [1.82, 2.24) is 5.32 Å². The summed E-state index contributed by atoms with van der Waals surface area (Å²) in [5.74, 6) is -1.07. The molecule has 0 aliphatic heterocycles. The van der Waals surface area contributed by atoms with Gasteiger partial charge in [-0.15, -0.1) is 0 Å². The molecular weight excluding hydrogens is 378 g/mol. The van der Waals surface area contributed by atoms with Crippen LogP contribution in [0.3, 0.4) is 0 Å². The van der Waals surface area contributed by atoms with Gasteiger partial charge in [-0.1, -0.05) is 24.4 Å². The van der Waals surface area contributed by atoms with Crippen LogP contribution in [0.4, 0.5) is 26.3 Å². The summed E-state index contributed by atoms with van der Waals surface area (Å²) >= 11 is 0. The maximum absolute atomic E-state index is 12.9. The lowest BCUT2D eigenvalue weighted by atomic mass is 10.0. The van der Waals surface area contributed by atoms with Crippen LogP contribution in [0.15, 0.2) is 23.3 Å². The van der Waals surface area contributed by atoms with Crippen molar-refractivity contribution in [2.24, 2.45) is 5.11 Å². The molecule has 0 aromatic heterocycles. The van der Waals surface area contributed by atoms with Crippen molar-refractivity contribution in [3.63, 3.8) is 0 Å². The van der Waals surface area contributed by atoms with Gasteiger partial charge in [0.2, 0.25) is 0 Å². The van der Waals surface area contributed by atoms with Crippen LogP contribution in [-0.2, 0) is 12.4 Å². The zero-order valence-electron chi connectivity index (χ0n) is 13.9. The largest absolute Gasteiger partial charge is 0.416 e. The number of hydrogen-bond acceptors (Lipinski definition) is 2. The van der Waals surface area contributed by atoms with Crippen LogP contribution in [-0.4, -0.2) is 18.0 Å². The molecule has 0 heterocycles. The van der Waals surface area contributed by atoms with E-state index >= 15 is 0 Å². The molecule has 1 saturated carbocycles. The topological polar surface area (TPSA) is 77.9 Å². The molecule has 0 spiro atoms. The van der Waals surface area contributed by atoms with Crippen LogP contribution in [0.25, 0.3) is 10.4 Å². The second-order valence-electron chi connectivity index (χ2n) is 6.28. The number of azide groups is 1. The molecule has 2 atom stereocenters. The molecule has 1 N–H and O–H groups in total. The van der Waals surface area contributed by atoms with Crippen molar-refractivity contribution < 1.29 is 31.1 Å². The predicted molar refractivity (Wildman–Crippen MR) is 83.7 cm³/mol. The van der Waals surface area contributed by atoms with Crippen molar-refractivity contribution in [1.29, 1.82) is 0 Å². The van der Waals surface area contributed by atoms with Crippen LogP contribution >= 0.6 is 0 Å². The Morgan fingerprint density at radius 2 is 1.56 bits per heavy atom. The number of carbonyl (C=O) groups excluding carboxylic acids is 1. The van der Waals surface area contributed by atoms with E-state index in [1.165, 1.54) is 0 Å². The molecule has 1 aromatic carbocycles. The minimum atomic E-state index is -5.04. The van der Waals surface area contributed by atoms with Gasteiger partial charge in [0.15, 0.2) is 0 Å². The third-order valence-corrected chi connectivity index (χ3v) is 4.35. The molecular formula is C16H16F6N4O. The van der Waals surface area contributed by atoms with E-state index < -0.39 is 47.0 Å². The van der Waals surface area contributed by atoms with Gasteiger partial charge < -0.3 is 5.32 Å². The van der Waals surface area contributed by atoms with Crippen molar-refractivity contribution >= 4 is 5.91 Å². The van der Waals surface area contributed by atoms with E-state index in [2.05, 4.69) is 15.3 Å². The molecule has 27 heavy (non-hydrogen) atoms. The zero-order valence-corrected chi connectivity index (χ0v) is 13.9. The molecule has 1 aliphatic rings. The second-order valence-corrected chi connectivity index (χ2v) is 6.28. The molecule has 0 radical (unpaired) electrons. The zero-order chi connectivity index (χ0) is 20.2. The van der Waals surface area contributed by atoms with Gasteiger partial charge in [0.05, 0.1) is 17.2 Å². The third-order valence-electron chi connectivity index (χ3n) is 4.35. The fourth-order valence-electron chi connectivity index (χ4n) is 3.00. The average molecular weight is 394 g/mol. The van der Waals surface area contributed by atoms with E-state index in [-0.39, 0.29) is 6.07 Å². The Morgan fingerprint density at radius 3 is 2.07 bits per heavy atom. The molecule has 1 aromatic rings. The minimum Gasteiger partial charge on any atom is -0.349 e. The number of nitrogens with one attached hydrogen (secondary N) is 1. The summed E-state index contributed by atoms with van der Waals surface area (Å²) in [6, 6.07) is -0.534. The molecule has 1 fully saturated rings. The van der Waals surface area contributed by atoms with Crippen molar-refractivity contribution in [2.45, 2.75) is 56.5 Å². The first-order chi connectivity index (χ1) is 12.5. The highest BCUT2D eigenvalue weighted by Gasteiger charge is 2.37. The molecule has 0 bridgehead atoms. The summed E-state index contributed by atoms with van der Waals surface area (Å²) in [4.78, 5) is 15.1. The maximum atomic E-state index is 12.9. The molecule has 5 nitrogen and oxygen atoms in total. The summed E-state index contributed by atoms with van der Waals surface area (Å²) in [5.41, 5.74) is 4.76. The lowest BCUT2D eigenvalue weighted by molar-refractivity contribution is -0.143. The highest BCUT2D eigenvalue weighted by atomic mass is 19.4. The van der Waals surface area contributed by atoms with Crippen LogP contribution in [0.1, 0.15) is 53.6 Å². The van der Waals surface area contributed by atoms with E-state index in [9.17, 15) is 31.1 Å². The van der Waals surface area contributed by atoms with Gasteiger partial charge in [0, 0.05) is 16.5 Å². The third kappa shape index (κ3) is 5.53. The van der Waals surface area contributed by atoms with Crippen LogP contribution < -0.4 is 5.32 Å². The summed E-state index contributed by atoms with van der Waals surface area (Å²) in [5, 5.41) is 6.02. The van der Waals surface area contributed by atoms with Crippen molar-refractivity contribution in [3.05, 3.63) is 45.3 Å². The van der Waals surface area contributed by atoms with E-state index in [4.69, 9.17) is 5.53 Å². The van der Waals surface area contributed by atoms with Crippen molar-refractivity contribution in [3.8, 4) is 0 Å². The van der Waals surface area contributed by atoms with Crippen LogP contribution in [0, 0.1) is 0 Å². The summed E-state index contributed by atoms with van der Waals surface area (Å²) in [7, 11) is 0.